The molecule has 0 atom stereocenters. The second kappa shape index (κ2) is 13.6. The largest absolute Gasteiger partial charge is 0.490 e. The molecule has 40 heavy (non-hydrogen) atoms. The molecule has 2 aromatic carbocycles. The first-order valence-electron chi connectivity index (χ1n) is 15.2. The van der Waals surface area contributed by atoms with Crippen molar-refractivity contribution in [3.05, 3.63) is 46.5 Å². The highest BCUT2D eigenvalue weighted by atomic mass is 31.1. The van der Waals surface area contributed by atoms with Gasteiger partial charge in [0, 0.05) is 12.1 Å². The zero-order valence-electron chi connectivity index (χ0n) is 26.4. The molecule has 6 heteroatoms. The lowest BCUT2D eigenvalue weighted by Crippen LogP contribution is -2.27. The van der Waals surface area contributed by atoms with Crippen LogP contribution >= 0.6 is 8.46 Å². The van der Waals surface area contributed by atoms with E-state index in [0.717, 1.165) is 61.5 Å². The van der Waals surface area contributed by atoms with Crippen LogP contribution in [0.5, 0.6) is 23.0 Å². The summed E-state index contributed by atoms with van der Waals surface area (Å²) in [5, 5.41) is 0. The van der Waals surface area contributed by atoms with Crippen molar-refractivity contribution in [3.63, 3.8) is 0 Å². The third-order valence-corrected chi connectivity index (χ3v) is 7.99. The number of fused-ring (bicyclic) bond motifs is 4. The van der Waals surface area contributed by atoms with E-state index >= 15 is 0 Å². The Morgan fingerprint density at radius 2 is 0.825 bits per heavy atom. The van der Waals surface area contributed by atoms with E-state index in [-0.39, 0.29) is 24.7 Å². The van der Waals surface area contributed by atoms with Crippen LogP contribution in [0.25, 0.3) is 0 Å². The minimum absolute atomic E-state index is 0.0163. The van der Waals surface area contributed by atoms with Crippen molar-refractivity contribution in [1.29, 1.82) is 0 Å². The second-order valence-corrected chi connectivity index (χ2v) is 12.8. The van der Waals surface area contributed by atoms with Crippen molar-refractivity contribution in [2.75, 3.05) is 33.1 Å². The molecule has 0 radical (unpaired) electrons. The van der Waals surface area contributed by atoms with E-state index in [2.05, 4.69) is 79.7 Å². The highest BCUT2D eigenvalue weighted by molar-refractivity contribution is 7.22. The van der Waals surface area contributed by atoms with Crippen LogP contribution in [0, 0.1) is 0 Å². The normalized spacial score (nSPS) is 17.1. The van der Waals surface area contributed by atoms with E-state index in [1.807, 2.05) is 0 Å². The molecule has 2 aromatic rings. The average molecular weight is 571 g/mol. The molecule has 0 saturated carbocycles. The van der Waals surface area contributed by atoms with Crippen LogP contribution in [0.1, 0.15) is 116 Å². The van der Waals surface area contributed by atoms with Crippen LogP contribution in [0.2, 0.25) is 0 Å². The van der Waals surface area contributed by atoms with Gasteiger partial charge in [-0.15, -0.1) is 0 Å². The monoisotopic (exact) mass is 570 g/mol. The van der Waals surface area contributed by atoms with E-state index < -0.39 is 0 Å². The SMILES string of the molecule is CCCOc1cc2c(cc1OCCC)C1(CC2(C)C)CC(C)(C)c2cc(OCCC)c(OCCC)cc21.CP=O. The summed E-state index contributed by atoms with van der Waals surface area (Å²) in [4.78, 5) is 0. The first kappa shape index (κ1) is 32.3. The molecule has 0 N–H and O–H groups in total. The molecule has 2 aliphatic carbocycles. The minimum atomic E-state index is -0.0983. The van der Waals surface area contributed by atoms with Crippen LogP contribution in [-0.4, -0.2) is 33.1 Å². The Morgan fingerprint density at radius 1 is 0.575 bits per heavy atom. The van der Waals surface area contributed by atoms with Gasteiger partial charge in [-0.3, -0.25) is 4.57 Å². The van der Waals surface area contributed by atoms with Gasteiger partial charge in [-0.05, 0) is 95.9 Å². The molecule has 222 valence electrons. The lowest BCUT2D eigenvalue weighted by Gasteiger charge is -2.31. The van der Waals surface area contributed by atoms with Gasteiger partial charge in [0.05, 0.1) is 26.4 Å². The summed E-state index contributed by atoms with van der Waals surface area (Å²) in [6.07, 6.45) is 5.99. The average Bonchev–Trinajstić information content (AvgIpc) is 3.26. The second-order valence-electron chi connectivity index (χ2n) is 12.5. The zero-order chi connectivity index (χ0) is 29.6. The summed E-state index contributed by atoms with van der Waals surface area (Å²) >= 11 is 0. The maximum Gasteiger partial charge on any atom is 0.161 e. The molecule has 0 bridgehead atoms. The van der Waals surface area contributed by atoms with Crippen molar-refractivity contribution in [2.45, 2.75) is 110 Å². The Kier molecular flexibility index (Phi) is 11.0. The standard InChI is InChI=1S/C33H48O4.CH3OP/c1-9-13-34-27-17-23-25(19-29(27)36-15-11-3)33(21-31(23,5)6)22-32(7,8)24-18-28(35-14-10-2)30(20-26(24)33)37-16-12-4;1-3-2/h17-20H,9-16,21-22H2,1-8H3;1H3. The summed E-state index contributed by atoms with van der Waals surface area (Å²) in [7, 11) is 0.167. The maximum atomic E-state index is 8.90. The number of ether oxygens (including phenoxy) is 4. The van der Waals surface area contributed by atoms with Gasteiger partial charge >= 0.3 is 0 Å². The summed E-state index contributed by atoms with van der Waals surface area (Å²) in [6, 6.07) is 9.18. The molecule has 4 rings (SSSR count). The smallest absolute Gasteiger partial charge is 0.161 e. The molecule has 5 nitrogen and oxygen atoms in total. The molecular formula is C34H51O5P. The van der Waals surface area contributed by atoms with E-state index in [1.54, 1.807) is 6.66 Å². The van der Waals surface area contributed by atoms with E-state index in [1.165, 1.54) is 22.3 Å². The van der Waals surface area contributed by atoms with E-state index in [0.29, 0.717) is 26.4 Å². The molecule has 0 unspecified atom stereocenters. The van der Waals surface area contributed by atoms with Crippen LogP contribution in [0.4, 0.5) is 0 Å². The van der Waals surface area contributed by atoms with Crippen molar-refractivity contribution < 1.29 is 23.5 Å². The van der Waals surface area contributed by atoms with Gasteiger partial charge in [-0.1, -0.05) is 55.4 Å². The van der Waals surface area contributed by atoms with Crippen molar-refractivity contribution in [2.24, 2.45) is 0 Å². The third-order valence-electron chi connectivity index (χ3n) is 7.99. The lowest BCUT2D eigenvalue weighted by molar-refractivity contribution is 0.267. The maximum absolute atomic E-state index is 8.90. The zero-order valence-corrected chi connectivity index (χ0v) is 27.3. The first-order valence-corrected chi connectivity index (χ1v) is 16.4. The van der Waals surface area contributed by atoms with E-state index in [9.17, 15) is 0 Å². The van der Waals surface area contributed by atoms with Crippen molar-refractivity contribution in [1.82, 2.24) is 0 Å². The highest BCUT2D eigenvalue weighted by Gasteiger charge is 2.57. The van der Waals surface area contributed by atoms with Crippen LogP contribution < -0.4 is 18.9 Å². The highest BCUT2D eigenvalue weighted by Crippen LogP contribution is 2.64. The fourth-order valence-corrected chi connectivity index (χ4v) is 6.62. The minimum Gasteiger partial charge on any atom is -0.490 e. The predicted molar refractivity (Wildman–Crippen MR) is 166 cm³/mol. The fourth-order valence-electron chi connectivity index (χ4n) is 6.62. The van der Waals surface area contributed by atoms with Gasteiger partial charge in [-0.2, -0.15) is 0 Å². The van der Waals surface area contributed by atoms with Crippen molar-refractivity contribution >= 4 is 8.46 Å². The number of hydrogen-bond acceptors (Lipinski definition) is 5. The molecule has 0 amide bonds. The molecular weight excluding hydrogens is 519 g/mol. The Labute approximate surface area is 244 Å². The predicted octanol–water partition coefficient (Wildman–Crippen LogP) is 9.40. The topological polar surface area (TPSA) is 54.0 Å². The fraction of sp³-hybridized carbons (Fsp3) is 0.647. The Bertz CT molecular complexity index is 1070. The molecule has 0 aromatic heterocycles. The quantitative estimate of drug-likeness (QED) is 0.238. The molecule has 2 aliphatic rings. The van der Waals surface area contributed by atoms with Crippen LogP contribution in [0.3, 0.4) is 0 Å². The van der Waals surface area contributed by atoms with Crippen molar-refractivity contribution in [3.8, 4) is 23.0 Å². The van der Waals surface area contributed by atoms with Gasteiger partial charge in [0.2, 0.25) is 0 Å². The van der Waals surface area contributed by atoms with Gasteiger partial charge < -0.3 is 18.9 Å². The number of hydrogen-bond donors (Lipinski definition) is 0. The molecule has 0 fully saturated rings. The van der Waals surface area contributed by atoms with E-state index in [4.69, 9.17) is 23.5 Å². The summed E-state index contributed by atoms with van der Waals surface area (Å²) in [5.41, 5.74) is 5.48. The molecule has 0 saturated heterocycles. The van der Waals surface area contributed by atoms with Gasteiger partial charge in [0.15, 0.2) is 31.5 Å². The lowest BCUT2D eigenvalue weighted by atomic mass is 9.72. The van der Waals surface area contributed by atoms with Gasteiger partial charge in [0.25, 0.3) is 0 Å². The molecule has 0 aliphatic heterocycles. The molecule has 0 heterocycles. The Morgan fingerprint density at radius 3 is 1.07 bits per heavy atom. The first-order chi connectivity index (χ1) is 19.0. The van der Waals surface area contributed by atoms with Crippen LogP contribution in [-0.2, 0) is 20.8 Å². The summed E-state index contributed by atoms with van der Waals surface area (Å²) < 4.78 is 33.9. The van der Waals surface area contributed by atoms with Crippen LogP contribution in [0.15, 0.2) is 24.3 Å². The molecule has 1 spiro atoms. The number of rotatable bonds is 12. The Hall–Kier alpha value is -2.26. The summed E-state index contributed by atoms with van der Waals surface area (Å²) in [5.74, 6) is 3.52. The third kappa shape index (κ3) is 6.46. The Balaban J connectivity index is 0.00000141. The van der Waals surface area contributed by atoms with Gasteiger partial charge in [-0.25, -0.2) is 0 Å². The van der Waals surface area contributed by atoms with Gasteiger partial charge in [0.1, 0.15) is 0 Å². The summed E-state index contributed by atoms with van der Waals surface area (Å²) in [6.45, 7) is 22.4. The number of benzene rings is 2.